The van der Waals surface area contributed by atoms with Crippen molar-refractivity contribution < 1.29 is 14.3 Å². The van der Waals surface area contributed by atoms with Crippen LogP contribution in [0.3, 0.4) is 0 Å². The van der Waals surface area contributed by atoms with E-state index in [4.69, 9.17) is 10.00 Å². The minimum atomic E-state index is -0.645. The third-order valence-corrected chi connectivity index (χ3v) is 0.984. The number of nitriles is 1. The van der Waals surface area contributed by atoms with E-state index >= 15 is 0 Å². The van der Waals surface area contributed by atoms with Gasteiger partial charge >= 0.3 is 5.97 Å². The molecular formula is C8H11NO3. The van der Waals surface area contributed by atoms with Gasteiger partial charge in [-0.05, 0) is 13.8 Å². The molecule has 0 saturated carbocycles. The predicted molar refractivity (Wildman–Crippen MR) is 42.0 cm³/mol. The number of carbonyl (C=O) groups excluding carboxylic acids is 1. The first kappa shape index (κ1) is 10.5. The highest BCUT2D eigenvalue weighted by molar-refractivity contribution is 5.92. The van der Waals surface area contributed by atoms with Crippen molar-refractivity contribution >= 4 is 5.97 Å². The Labute approximate surface area is 71.4 Å². The summed E-state index contributed by atoms with van der Waals surface area (Å²) in [7, 11) is 0. The highest BCUT2D eigenvalue weighted by atomic mass is 16.6. The molecule has 0 aliphatic carbocycles. The second-order valence-corrected chi connectivity index (χ2v) is 1.82. The lowest BCUT2D eigenvalue weighted by Crippen LogP contribution is -2.06. The van der Waals surface area contributed by atoms with Crippen LogP contribution in [0.25, 0.3) is 0 Å². The summed E-state index contributed by atoms with van der Waals surface area (Å²) >= 11 is 0. The van der Waals surface area contributed by atoms with Gasteiger partial charge in [0.05, 0.1) is 13.2 Å². The van der Waals surface area contributed by atoms with Gasteiger partial charge in [0.25, 0.3) is 0 Å². The number of hydrogen-bond donors (Lipinski definition) is 0. The fraction of sp³-hybridized carbons (Fsp3) is 0.500. The molecule has 0 aromatic carbocycles. The Bertz CT molecular complexity index is 215. The standard InChI is InChI=1S/C8H11NO3/c1-3-11-6-7(5-9)8(10)12-4-2/h6H,3-4H2,1-2H3/b7-6-/i5+1,6+1,8+1. The molecule has 0 rings (SSSR count). The van der Waals surface area contributed by atoms with E-state index in [-0.39, 0.29) is 12.2 Å². The highest BCUT2D eigenvalue weighted by Gasteiger charge is 2.09. The van der Waals surface area contributed by atoms with Crippen LogP contribution in [-0.2, 0) is 14.3 Å². The molecule has 4 nitrogen and oxygen atoms in total. The molecule has 0 aromatic heterocycles. The van der Waals surface area contributed by atoms with Crippen LogP contribution >= 0.6 is 0 Å². The number of rotatable bonds is 4. The van der Waals surface area contributed by atoms with Crippen LogP contribution < -0.4 is 0 Å². The molecule has 0 N–H and O–H groups in total. The molecule has 0 unspecified atom stereocenters. The quantitative estimate of drug-likeness (QED) is 0.208. The molecular weight excluding hydrogens is 161 g/mol. The van der Waals surface area contributed by atoms with Crippen LogP contribution in [0.5, 0.6) is 0 Å². The first-order valence-electron chi connectivity index (χ1n) is 3.65. The minimum Gasteiger partial charge on any atom is -0.500 e. The molecule has 12 heavy (non-hydrogen) atoms. The normalized spacial score (nSPS) is 10.2. The van der Waals surface area contributed by atoms with Crippen LogP contribution in [0.2, 0.25) is 0 Å². The molecule has 0 aromatic rings. The zero-order chi connectivity index (χ0) is 9.40. The predicted octanol–water partition coefficient (Wildman–Crippen LogP) is 0.993. The summed E-state index contributed by atoms with van der Waals surface area (Å²) in [5, 5.41) is 8.45. The second-order valence-electron chi connectivity index (χ2n) is 1.82. The summed E-state index contributed by atoms with van der Waals surface area (Å²) < 4.78 is 9.35. The lowest BCUT2D eigenvalue weighted by molar-refractivity contribution is -0.138. The van der Waals surface area contributed by atoms with Crippen molar-refractivity contribution in [3.63, 3.8) is 0 Å². The maximum Gasteiger partial charge on any atom is 0.352 e. The number of carbonyl (C=O) groups is 1. The Morgan fingerprint density at radius 3 is 2.58 bits per heavy atom. The molecule has 0 saturated heterocycles. The molecule has 0 amide bonds. The third-order valence-electron chi connectivity index (χ3n) is 0.984. The summed E-state index contributed by atoms with van der Waals surface area (Å²) in [4.78, 5) is 10.9. The molecule has 0 aliphatic rings. The maximum absolute atomic E-state index is 10.9. The van der Waals surface area contributed by atoms with Crippen molar-refractivity contribution in [1.29, 1.82) is 5.26 Å². The molecule has 4 heteroatoms. The average Bonchev–Trinajstić information content (AvgIpc) is 2.06. The molecule has 0 spiro atoms. The van der Waals surface area contributed by atoms with Gasteiger partial charge in [-0.1, -0.05) is 0 Å². The first-order chi connectivity index (χ1) is 5.76. The van der Waals surface area contributed by atoms with Crippen LogP contribution in [0, 0.1) is 11.3 Å². The van der Waals surface area contributed by atoms with E-state index < -0.39 is 5.97 Å². The number of ether oxygens (including phenoxy) is 2. The monoisotopic (exact) mass is 172 g/mol. The van der Waals surface area contributed by atoms with Crippen molar-refractivity contribution in [3.8, 4) is 6.07 Å². The van der Waals surface area contributed by atoms with Crippen LogP contribution in [0.15, 0.2) is 11.8 Å². The largest absolute Gasteiger partial charge is 0.500 e. The van der Waals surface area contributed by atoms with E-state index in [1.807, 2.05) is 0 Å². The third kappa shape index (κ3) is 3.62. The topological polar surface area (TPSA) is 59.3 Å². The summed E-state index contributed by atoms with van der Waals surface area (Å²) in [6.45, 7) is 4.11. The van der Waals surface area contributed by atoms with Gasteiger partial charge in [0.15, 0.2) is 5.57 Å². The fourth-order valence-electron chi connectivity index (χ4n) is 0.496. The van der Waals surface area contributed by atoms with Gasteiger partial charge in [0.1, 0.15) is 12.3 Å². The number of hydrogen-bond acceptors (Lipinski definition) is 4. The molecule has 0 heterocycles. The van der Waals surface area contributed by atoms with Gasteiger partial charge in [0, 0.05) is 0 Å². The van der Waals surface area contributed by atoms with Crippen LogP contribution in [0.4, 0.5) is 0 Å². The zero-order valence-electron chi connectivity index (χ0n) is 7.16. The Morgan fingerprint density at radius 2 is 2.17 bits per heavy atom. The highest BCUT2D eigenvalue weighted by Crippen LogP contribution is 1.96. The lowest BCUT2D eigenvalue weighted by atomic mass is 10.7. The summed E-state index contributed by atoms with van der Waals surface area (Å²) in [6.07, 6.45) is 1.11. The van der Waals surface area contributed by atoms with E-state index in [0.717, 1.165) is 6.26 Å². The van der Waals surface area contributed by atoms with Gasteiger partial charge in [-0.2, -0.15) is 5.26 Å². The summed E-state index contributed by atoms with van der Waals surface area (Å²) in [5.41, 5.74) is -0.112. The summed E-state index contributed by atoms with van der Waals surface area (Å²) in [5.74, 6) is -0.645. The lowest BCUT2D eigenvalue weighted by Gasteiger charge is -1.99. The Balaban J connectivity index is 4.16. The van der Waals surface area contributed by atoms with Gasteiger partial charge < -0.3 is 9.47 Å². The van der Waals surface area contributed by atoms with Crippen molar-refractivity contribution in [3.05, 3.63) is 11.8 Å². The molecule has 0 aliphatic heterocycles. The van der Waals surface area contributed by atoms with E-state index in [0.29, 0.717) is 6.61 Å². The Kier molecular flexibility index (Phi) is 5.45. The average molecular weight is 172 g/mol. The van der Waals surface area contributed by atoms with E-state index in [1.165, 1.54) is 0 Å². The van der Waals surface area contributed by atoms with Gasteiger partial charge in [-0.3, -0.25) is 0 Å². The second kappa shape index (κ2) is 6.23. The van der Waals surface area contributed by atoms with Crippen molar-refractivity contribution in [2.45, 2.75) is 13.8 Å². The zero-order valence-corrected chi connectivity index (χ0v) is 7.16. The van der Waals surface area contributed by atoms with E-state index in [9.17, 15) is 4.79 Å². The Hall–Kier alpha value is -1.50. The van der Waals surface area contributed by atoms with Crippen molar-refractivity contribution in [2.75, 3.05) is 13.2 Å². The van der Waals surface area contributed by atoms with E-state index in [2.05, 4.69) is 4.74 Å². The van der Waals surface area contributed by atoms with Gasteiger partial charge in [-0.25, -0.2) is 4.79 Å². The smallest absolute Gasteiger partial charge is 0.352 e. The molecule has 0 atom stereocenters. The van der Waals surface area contributed by atoms with Crippen LogP contribution in [0.1, 0.15) is 13.8 Å². The van der Waals surface area contributed by atoms with E-state index in [1.54, 1.807) is 19.9 Å². The maximum atomic E-state index is 10.9. The SMILES string of the molecule is CCO/[13CH]=C(/[13C]#N)[13C](=O)OCC. The Morgan fingerprint density at radius 1 is 1.50 bits per heavy atom. The van der Waals surface area contributed by atoms with Crippen molar-refractivity contribution in [2.24, 2.45) is 0 Å². The van der Waals surface area contributed by atoms with Crippen LogP contribution in [-0.4, -0.2) is 19.2 Å². The fourth-order valence-corrected chi connectivity index (χ4v) is 0.496. The molecule has 0 bridgehead atoms. The molecule has 66 valence electrons. The first-order valence-corrected chi connectivity index (χ1v) is 3.65. The molecule has 0 radical (unpaired) electrons. The van der Waals surface area contributed by atoms with Crippen molar-refractivity contribution in [1.82, 2.24) is 0 Å². The number of nitrogens with zero attached hydrogens (tertiary/aromatic N) is 1. The summed E-state index contributed by atoms with van der Waals surface area (Å²) in [6, 6.07) is 1.68. The minimum absolute atomic E-state index is 0.112. The molecule has 0 fully saturated rings. The number of esters is 1. The van der Waals surface area contributed by atoms with Gasteiger partial charge in [0.2, 0.25) is 0 Å². The van der Waals surface area contributed by atoms with Gasteiger partial charge in [-0.15, -0.1) is 0 Å².